The Morgan fingerprint density at radius 3 is 2.25 bits per heavy atom. The summed E-state index contributed by atoms with van der Waals surface area (Å²) in [7, 11) is 0. The van der Waals surface area contributed by atoms with Crippen LogP contribution in [0.3, 0.4) is 0 Å². The number of carboxylic acid groups (broad SMARTS) is 1. The molecule has 3 saturated carbocycles. The smallest absolute Gasteiger partial charge is 0.314 e. The molecule has 1 N–H and O–H groups in total. The van der Waals surface area contributed by atoms with E-state index < -0.39 is 17.0 Å². The molecule has 3 aromatic rings. The van der Waals surface area contributed by atoms with Gasteiger partial charge in [-0.15, -0.1) is 0 Å². The second kappa shape index (κ2) is 9.15. The maximum absolute atomic E-state index is 13.6. The molecular formula is C30H33FN2O3. The zero-order valence-corrected chi connectivity index (χ0v) is 20.5. The second-order valence-electron chi connectivity index (χ2n) is 11.1. The summed E-state index contributed by atoms with van der Waals surface area (Å²) in [5.41, 5.74) is 1.01. The van der Waals surface area contributed by atoms with Crippen molar-refractivity contribution in [2.75, 3.05) is 6.61 Å². The van der Waals surface area contributed by atoms with E-state index in [-0.39, 0.29) is 5.82 Å². The molecule has 0 saturated heterocycles. The lowest BCUT2D eigenvalue weighted by atomic mass is 9.64. The van der Waals surface area contributed by atoms with Gasteiger partial charge in [0.25, 0.3) is 0 Å². The molecule has 6 rings (SSSR count). The van der Waals surface area contributed by atoms with Crippen LogP contribution < -0.4 is 0 Å². The molecule has 36 heavy (non-hydrogen) atoms. The van der Waals surface area contributed by atoms with Crippen LogP contribution >= 0.6 is 0 Å². The first kappa shape index (κ1) is 23.4. The van der Waals surface area contributed by atoms with Crippen molar-refractivity contribution in [3.8, 4) is 11.4 Å². The summed E-state index contributed by atoms with van der Waals surface area (Å²) in [5, 5.41) is 10.3. The van der Waals surface area contributed by atoms with Crippen molar-refractivity contribution in [3.63, 3.8) is 0 Å². The summed E-state index contributed by atoms with van der Waals surface area (Å²) in [6.45, 7) is 1.64. The highest BCUT2D eigenvalue weighted by Crippen LogP contribution is 2.50. The van der Waals surface area contributed by atoms with Gasteiger partial charge in [-0.25, -0.2) is 9.37 Å². The first-order valence-corrected chi connectivity index (χ1v) is 13.2. The number of carbonyl (C=O) groups is 1. The van der Waals surface area contributed by atoms with Gasteiger partial charge in [0.15, 0.2) is 0 Å². The Morgan fingerprint density at radius 1 is 0.972 bits per heavy atom. The van der Waals surface area contributed by atoms with Gasteiger partial charge in [-0.2, -0.15) is 0 Å². The molecule has 0 bridgehead atoms. The van der Waals surface area contributed by atoms with Crippen LogP contribution in [-0.2, 0) is 27.1 Å². The summed E-state index contributed by atoms with van der Waals surface area (Å²) in [6.07, 6.45) is 9.04. The van der Waals surface area contributed by atoms with Crippen molar-refractivity contribution in [3.05, 3.63) is 77.9 Å². The van der Waals surface area contributed by atoms with Crippen LogP contribution in [0.2, 0.25) is 0 Å². The molecule has 0 atom stereocenters. The van der Waals surface area contributed by atoms with Crippen LogP contribution in [0.1, 0.15) is 62.6 Å². The molecule has 3 aliphatic rings. The Balaban J connectivity index is 1.35. The monoisotopic (exact) mass is 488 g/mol. The third-order valence-corrected chi connectivity index (χ3v) is 8.44. The van der Waals surface area contributed by atoms with Crippen LogP contribution in [0.4, 0.5) is 4.39 Å². The molecule has 188 valence electrons. The normalized spacial score (nSPS) is 26.1. The van der Waals surface area contributed by atoms with Crippen molar-refractivity contribution in [1.29, 1.82) is 0 Å². The summed E-state index contributed by atoms with van der Waals surface area (Å²) in [6, 6.07) is 16.2. The van der Waals surface area contributed by atoms with E-state index in [9.17, 15) is 14.3 Å². The topological polar surface area (TPSA) is 64.3 Å². The van der Waals surface area contributed by atoms with E-state index in [0.29, 0.717) is 49.7 Å². The van der Waals surface area contributed by atoms with Crippen LogP contribution in [0.25, 0.3) is 11.4 Å². The number of imidazole rings is 1. The van der Waals surface area contributed by atoms with Crippen LogP contribution in [0.15, 0.2) is 60.8 Å². The molecule has 2 aromatic carbocycles. The fraction of sp³-hybridized carbons (Fsp3) is 0.467. The largest absolute Gasteiger partial charge is 0.481 e. The predicted molar refractivity (Wildman–Crippen MR) is 135 cm³/mol. The first-order chi connectivity index (χ1) is 17.5. The summed E-state index contributed by atoms with van der Waals surface area (Å²) < 4.78 is 22.6. The Bertz CT molecular complexity index is 1220. The lowest BCUT2D eigenvalue weighted by molar-refractivity contribution is -0.151. The van der Waals surface area contributed by atoms with Gasteiger partial charge in [0, 0.05) is 18.3 Å². The Morgan fingerprint density at radius 2 is 1.64 bits per heavy atom. The van der Waals surface area contributed by atoms with E-state index in [1.807, 2.05) is 18.2 Å². The molecule has 1 aromatic heterocycles. The number of nitrogens with zero attached hydrogens (tertiary/aromatic N) is 2. The predicted octanol–water partition coefficient (Wildman–Crippen LogP) is 6.32. The molecule has 5 nitrogen and oxygen atoms in total. The van der Waals surface area contributed by atoms with Crippen LogP contribution in [-0.4, -0.2) is 27.2 Å². The molecule has 6 heteroatoms. The molecule has 0 unspecified atom stereocenters. The summed E-state index contributed by atoms with van der Waals surface area (Å²) in [5.74, 6) is 1.04. The average molecular weight is 489 g/mol. The maximum Gasteiger partial charge on any atom is 0.314 e. The number of carboxylic acids is 1. The number of hydrogen-bond donors (Lipinski definition) is 1. The third-order valence-electron chi connectivity index (χ3n) is 8.44. The fourth-order valence-electron chi connectivity index (χ4n) is 5.68. The van der Waals surface area contributed by atoms with E-state index >= 15 is 0 Å². The molecule has 0 amide bonds. The second-order valence-corrected chi connectivity index (χ2v) is 11.1. The number of hydrogen-bond acceptors (Lipinski definition) is 3. The van der Waals surface area contributed by atoms with Gasteiger partial charge in [0.1, 0.15) is 17.2 Å². The van der Waals surface area contributed by atoms with Crippen molar-refractivity contribution in [1.82, 2.24) is 9.55 Å². The Kier molecular flexibility index (Phi) is 5.95. The standard InChI is InChI=1S/C30H33FN2O3/c31-25-12-10-24(11-13-25)29(28(34)35)14-16-30(17-15-29,36-20-22-8-9-22)26-19-33(18-21-6-7-21)27(32-26)23-4-2-1-3-5-23/h1-5,10-13,19,21-22H,6-9,14-18,20H2,(H,34,35). The number of halogens is 1. The SMILES string of the molecule is O=C(O)C1(c2ccc(F)cc2)CCC(OCC2CC2)(c2cn(CC3CC3)c(-c3ccccc3)n2)CC1. The molecular weight excluding hydrogens is 455 g/mol. The minimum atomic E-state index is -1.04. The third kappa shape index (κ3) is 4.47. The lowest BCUT2D eigenvalue weighted by Crippen LogP contribution is -2.46. The number of aliphatic carboxylic acids is 1. The van der Waals surface area contributed by atoms with Crippen molar-refractivity contribution in [2.24, 2.45) is 11.8 Å². The molecule has 0 aliphatic heterocycles. The maximum atomic E-state index is 13.6. The fourth-order valence-corrected chi connectivity index (χ4v) is 5.68. The van der Waals surface area contributed by atoms with E-state index in [0.717, 1.165) is 23.6 Å². The average Bonchev–Trinajstić information content (AvgIpc) is 3.83. The highest BCUT2D eigenvalue weighted by molar-refractivity contribution is 5.81. The van der Waals surface area contributed by atoms with Gasteiger partial charge in [-0.05, 0) is 80.9 Å². The van der Waals surface area contributed by atoms with Gasteiger partial charge in [0.2, 0.25) is 0 Å². The van der Waals surface area contributed by atoms with Gasteiger partial charge in [-0.1, -0.05) is 42.5 Å². The molecule has 0 radical (unpaired) electrons. The Hall–Kier alpha value is -2.99. The van der Waals surface area contributed by atoms with Crippen LogP contribution in [0.5, 0.6) is 0 Å². The van der Waals surface area contributed by atoms with E-state index in [1.165, 1.54) is 37.8 Å². The summed E-state index contributed by atoms with van der Waals surface area (Å²) >= 11 is 0. The number of benzene rings is 2. The number of rotatable bonds is 9. The van der Waals surface area contributed by atoms with Gasteiger partial charge >= 0.3 is 5.97 Å². The Labute approximate surface area is 211 Å². The number of aromatic nitrogens is 2. The van der Waals surface area contributed by atoms with Crippen molar-refractivity contribution >= 4 is 5.97 Å². The zero-order chi connectivity index (χ0) is 24.8. The van der Waals surface area contributed by atoms with E-state index in [4.69, 9.17) is 9.72 Å². The number of ether oxygens (including phenoxy) is 1. The van der Waals surface area contributed by atoms with E-state index in [2.05, 4.69) is 22.9 Å². The molecule has 0 spiro atoms. The van der Waals surface area contributed by atoms with Crippen molar-refractivity contribution in [2.45, 2.75) is 68.9 Å². The molecule has 1 heterocycles. The van der Waals surface area contributed by atoms with Gasteiger partial charge in [-0.3, -0.25) is 4.79 Å². The first-order valence-electron chi connectivity index (χ1n) is 13.2. The lowest BCUT2D eigenvalue weighted by Gasteiger charge is -2.44. The summed E-state index contributed by atoms with van der Waals surface area (Å²) in [4.78, 5) is 17.8. The van der Waals surface area contributed by atoms with Gasteiger partial charge in [0.05, 0.1) is 17.7 Å². The van der Waals surface area contributed by atoms with E-state index in [1.54, 1.807) is 12.1 Å². The molecule has 3 fully saturated rings. The van der Waals surface area contributed by atoms with Gasteiger partial charge < -0.3 is 14.4 Å². The minimum absolute atomic E-state index is 0.355. The quantitative estimate of drug-likeness (QED) is 0.383. The van der Waals surface area contributed by atoms with Crippen molar-refractivity contribution < 1.29 is 19.0 Å². The molecule has 3 aliphatic carbocycles. The zero-order valence-electron chi connectivity index (χ0n) is 20.5. The highest BCUT2D eigenvalue weighted by atomic mass is 19.1. The van der Waals surface area contributed by atoms with Crippen LogP contribution in [0, 0.1) is 17.7 Å². The minimum Gasteiger partial charge on any atom is -0.481 e. The highest BCUT2D eigenvalue weighted by Gasteiger charge is 2.51.